The summed E-state index contributed by atoms with van der Waals surface area (Å²) in [5, 5.41) is 2.86. The maximum absolute atomic E-state index is 12.8. The summed E-state index contributed by atoms with van der Waals surface area (Å²) < 4.78 is 26.7. The molecule has 0 unspecified atom stereocenters. The molecule has 0 bridgehead atoms. The first kappa shape index (κ1) is 24.1. The van der Waals surface area contributed by atoms with Gasteiger partial charge in [-0.1, -0.05) is 44.2 Å². The number of benzene rings is 2. The van der Waals surface area contributed by atoms with Crippen LogP contribution in [0.25, 0.3) is 0 Å². The maximum Gasteiger partial charge on any atom is 0.243 e. The van der Waals surface area contributed by atoms with Crippen LogP contribution in [0.1, 0.15) is 36.1 Å². The molecule has 0 aliphatic carbocycles. The zero-order valence-corrected chi connectivity index (χ0v) is 19.4. The van der Waals surface area contributed by atoms with Gasteiger partial charge >= 0.3 is 0 Å². The van der Waals surface area contributed by atoms with E-state index in [0.29, 0.717) is 6.54 Å². The molecule has 1 amide bonds. The van der Waals surface area contributed by atoms with E-state index in [1.165, 1.54) is 7.05 Å². The SMILES string of the molecule is CCN(CC)Cc1ccccc1CNC(=O)CN(C)S(=O)(=O)c1ccc(C)c(C)c1. The van der Waals surface area contributed by atoms with Gasteiger partial charge in [-0.2, -0.15) is 4.31 Å². The van der Waals surface area contributed by atoms with Gasteiger partial charge < -0.3 is 5.32 Å². The Morgan fingerprint density at radius 2 is 1.60 bits per heavy atom. The van der Waals surface area contributed by atoms with Crippen LogP contribution in [0, 0.1) is 13.8 Å². The maximum atomic E-state index is 12.8. The number of aryl methyl sites for hydroxylation is 2. The van der Waals surface area contributed by atoms with Gasteiger partial charge in [-0.3, -0.25) is 9.69 Å². The highest BCUT2D eigenvalue weighted by molar-refractivity contribution is 7.89. The Labute approximate surface area is 180 Å². The molecule has 164 valence electrons. The minimum atomic E-state index is -3.72. The molecule has 1 N–H and O–H groups in total. The molecule has 2 aromatic carbocycles. The van der Waals surface area contributed by atoms with E-state index in [4.69, 9.17) is 0 Å². The second-order valence-corrected chi connectivity index (χ2v) is 9.56. The van der Waals surface area contributed by atoms with Gasteiger partial charge in [0.25, 0.3) is 0 Å². The number of hydrogen-bond donors (Lipinski definition) is 1. The standard InChI is InChI=1S/C23H33N3O3S/c1-6-26(7-2)16-21-11-9-8-10-20(21)15-24-23(27)17-25(5)30(28,29)22-13-12-18(3)19(4)14-22/h8-14H,6-7,15-17H2,1-5H3,(H,24,27). The molecule has 0 heterocycles. The molecule has 2 rings (SSSR count). The van der Waals surface area contributed by atoms with Crippen LogP contribution < -0.4 is 5.32 Å². The van der Waals surface area contributed by atoms with E-state index < -0.39 is 10.0 Å². The van der Waals surface area contributed by atoms with Gasteiger partial charge in [-0.05, 0) is 61.3 Å². The number of amides is 1. The largest absolute Gasteiger partial charge is 0.351 e. The Morgan fingerprint density at radius 1 is 0.967 bits per heavy atom. The third-order valence-corrected chi connectivity index (χ3v) is 7.23. The molecule has 0 aromatic heterocycles. The molecule has 0 aliphatic heterocycles. The first-order chi connectivity index (χ1) is 14.2. The third kappa shape index (κ3) is 6.14. The zero-order chi connectivity index (χ0) is 22.3. The average Bonchev–Trinajstić information content (AvgIpc) is 2.72. The monoisotopic (exact) mass is 431 g/mol. The summed E-state index contributed by atoms with van der Waals surface area (Å²) in [5.74, 6) is -0.331. The van der Waals surface area contributed by atoms with Crippen LogP contribution >= 0.6 is 0 Å². The summed E-state index contributed by atoms with van der Waals surface area (Å²) in [7, 11) is -2.29. The first-order valence-corrected chi connectivity index (χ1v) is 11.7. The smallest absolute Gasteiger partial charge is 0.243 e. The number of nitrogens with zero attached hydrogens (tertiary/aromatic N) is 2. The van der Waals surface area contributed by atoms with Gasteiger partial charge in [0.1, 0.15) is 0 Å². The summed E-state index contributed by atoms with van der Waals surface area (Å²) in [6.45, 7) is 10.9. The number of likely N-dealkylation sites (N-methyl/N-ethyl adjacent to an activating group) is 1. The number of hydrogen-bond acceptors (Lipinski definition) is 4. The highest BCUT2D eigenvalue weighted by atomic mass is 32.2. The van der Waals surface area contributed by atoms with Crippen molar-refractivity contribution >= 4 is 15.9 Å². The van der Waals surface area contributed by atoms with Crippen molar-refractivity contribution in [1.82, 2.24) is 14.5 Å². The summed E-state index contributed by atoms with van der Waals surface area (Å²) in [6.07, 6.45) is 0. The highest BCUT2D eigenvalue weighted by Crippen LogP contribution is 2.18. The Bertz CT molecular complexity index is 969. The number of sulfonamides is 1. The molecule has 2 aromatic rings. The quantitative estimate of drug-likeness (QED) is 0.628. The normalized spacial score (nSPS) is 11.8. The molecule has 7 heteroatoms. The predicted octanol–water partition coefficient (Wildman–Crippen LogP) is 3.08. The molecule has 0 saturated carbocycles. The van der Waals surface area contributed by atoms with E-state index in [0.717, 1.165) is 46.2 Å². The van der Waals surface area contributed by atoms with Gasteiger partial charge in [-0.25, -0.2) is 8.42 Å². The van der Waals surface area contributed by atoms with E-state index in [9.17, 15) is 13.2 Å². The van der Waals surface area contributed by atoms with E-state index in [-0.39, 0.29) is 17.3 Å². The molecule has 0 spiro atoms. The van der Waals surface area contributed by atoms with Crippen molar-refractivity contribution in [2.75, 3.05) is 26.7 Å². The van der Waals surface area contributed by atoms with Crippen LogP contribution in [-0.2, 0) is 27.9 Å². The fourth-order valence-electron chi connectivity index (χ4n) is 3.16. The molecule has 6 nitrogen and oxygen atoms in total. The van der Waals surface area contributed by atoms with Crippen LogP contribution in [0.4, 0.5) is 0 Å². The Kier molecular flexibility index (Phi) is 8.58. The van der Waals surface area contributed by atoms with E-state index >= 15 is 0 Å². The van der Waals surface area contributed by atoms with Crippen LogP contribution in [-0.4, -0.2) is 50.2 Å². The fourth-order valence-corrected chi connectivity index (χ4v) is 4.38. The van der Waals surface area contributed by atoms with Gasteiger partial charge in [0.05, 0.1) is 11.4 Å². The summed E-state index contributed by atoms with van der Waals surface area (Å²) in [4.78, 5) is 15.0. The summed E-state index contributed by atoms with van der Waals surface area (Å²) in [6, 6.07) is 13.0. The average molecular weight is 432 g/mol. The van der Waals surface area contributed by atoms with Gasteiger partial charge in [0.15, 0.2) is 0 Å². The van der Waals surface area contributed by atoms with Gasteiger partial charge in [0.2, 0.25) is 15.9 Å². The summed E-state index contributed by atoms with van der Waals surface area (Å²) >= 11 is 0. The lowest BCUT2D eigenvalue weighted by molar-refractivity contribution is -0.121. The van der Waals surface area contributed by atoms with Crippen LogP contribution in [0.3, 0.4) is 0 Å². The second kappa shape index (κ2) is 10.7. The fraction of sp³-hybridized carbons (Fsp3) is 0.435. The first-order valence-electron chi connectivity index (χ1n) is 10.3. The van der Waals surface area contributed by atoms with Gasteiger partial charge in [0, 0.05) is 20.1 Å². The molecule has 0 atom stereocenters. The highest BCUT2D eigenvalue weighted by Gasteiger charge is 2.23. The number of rotatable bonds is 10. The van der Waals surface area contributed by atoms with Crippen LogP contribution in [0.2, 0.25) is 0 Å². The van der Waals surface area contributed by atoms with Crippen molar-refractivity contribution in [3.8, 4) is 0 Å². The van der Waals surface area contributed by atoms with Crippen molar-refractivity contribution in [2.24, 2.45) is 0 Å². The lowest BCUT2D eigenvalue weighted by atomic mass is 10.1. The van der Waals surface area contributed by atoms with E-state index in [1.54, 1.807) is 18.2 Å². The molecular formula is C23H33N3O3S. The van der Waals surface area contributed by atoms with Crippen molar-refractivity contribution in [2.45, 2.75) is 45.7 Å². The lowest BCUT2D eigenvalue weighted by Crippen LogP contribution is -2.38. The molecular weight excluding hydrogens is 398 g/mol. The predicted molar refractivity (Wildman–Crippen MR) is 121 cm³/mol. The number of nitrogens with one attached hydrogen (secondary N) is 1. The Balaban J connectivity index is 2.01. The van der Waals surface area contributed by atoms with Crippen LogP contribution in [0.5, 0.6) is 0 Å². The zero-order valence-electron chi connectivity index (χ0n) is 18.6. The Morgan fingerprint density at radius 3 is 2.20 bits per heavy atom. The van der Waals surface area contributed by atoms with Crippen molar-refractivity contribution in [1.29, 1.82) is 0 Å². The molecule has 0 saturated heterocycles. The number of carbonyl (C=O) groups is 1. The van der Waals surface area contributed by atoms with E-state index in [1.807, 2.05) is 32.0 Å². The topological polar surface area (TPSA) is 69.7 Å². The third-order valence-electron chi connectivity index (χ3n) is 5.44. The van der Waals surface area contributed by atoms with E-state index in [2.05, 4.69) is 30.1 Å². The molecule has 0 aliphatic rings. The Hall–Kier alpha value is -2.22. The minimum absolute atomic E-state index is 0.200. The second-order valence-electron chi connectivity index (χ2n) is 7.51. The van der Waals surface area contributed by atoms with Crippen molar-refractivity contribution in [3.63, 3.8) is 0 Å². The lowest BCUT2D eigenvalue weighted by Gasteiger charge is -2.21. The van der Waals surface area contributed by atoms with Gasteiger partial charge in [-0.15, -0.1) is 0 Å². The molecule has 0 fully saturated rings. The van der Waals surface area contributed by atoms with Crippen molar-refractivity contribution < 1.29 is 13.2 Å². The number of carbonyl (C=O) groups excluding carboxylic acids is 1. The van der Waals surface area contributed by atoms with Crippen molar-refractivity contribution in [3.05, 3.63) is 64.7 Å². The van der Waals surface area contributed by atoms with Crippen LogP contribution in [0.15, 0.2) is 47.4 Å². The molecule has 0 radical (unpaired) electrons. The molecule has 30 heavy (non-hydrogen) atoms. The minimum Gasteiger partial charge on any atom is -0.351 e. The summed E-state index contributed by atoms with van der Waals surface area (Å²) in [5.41, 5.74) is 4.13.